The minimum Gasteiger partial charge on any atom is -0.486 e. The van der Waals surface area contributed by atoms with Gasteiger partial charge in [-0.2, -0.15) is 0 Å². The van der Waals surface area contributed by atoms with E-state index in [4.69, 9.17) is 9.15 Å². The molecule has 1 aliphatic heterocycles. The molecule has 1 aliphatic rings. The van der Waals surface area contributed by atoms with Crippen LogP contribution in [0.15, 0.2) is 50.1 Å². The van der Waals surface area contributed by atoms with E-state index in [2.05, 4.69) is 15.9 Å². The number of aryl methyl sites for hydroxylation is 1. The maximum absolute atomic E-state index is 12.2. The maximum atomic E-state index is 12.2. The van der Waals surface area contributed by atoms with E-state index in [1.807, 2.05) is 24.3 Å². The van der Waals surface area contributed by atoms with Crippen LogP contribution in [0.25, 0.3) is 0 Å². The first-order chi connectivity index (χ1) is 11.0. The molecule has 0 saturated carbocycles. The van der Waals surface area contributed by atoms with E-state index in [1.165, 1.54) is 6.07 Å². The first-order valence-corrected chi connectivity index (χ1v) is 8.09. The number of nitrogens with zero attached hydrogens (tertiary/aromatic N) is 1. The van der Waals surface area contributed by atoms with E-state index in [0.29, 0.717) is 31.0 Å². The molecule has 1 aromatic heterocycles. The van der Waals surface area contributed by atoms with Crippen molar-refractivity contribution >= 4 is 21.8 Å². The highest BCUT2D eigenvalue weighted by molar-refractivity contribution is 9.10. The number of benzene rings is 1. The predicted molar refractivity (Wildman–Crippen MR) is 88.6 cm³/mol. The van der Waals surface area contributed by atoms with Gasteiger partial charge in [-0.25, -0.2) is 4.79 Å². The van der Waals surface area contributed by atoms with E-state index in [-0.39, 0.29) is 12.0 Å². The Morgan fingerprint density at radius 2 is 2.00 bits per heavy atom. The van der Waals surface area contributed by atoms with Crippen molar-refractivity contribution in [1.82, 2.24) is 4.90 Å². The number of halogens is 1. The summed E-state index contributed by atoms with van der Waals surface area (Å²) in [7, 11) is 0. The van der Waals surface area contributed by atoms with Crippen molar-refractivity contribution in [1.29, 1.82) is 0 Å². The highest BCUT2D eigenvalue weighted by atomic mass is 79.9. The first-order valence-electron chi connectivity index (χ1n) is 7.30. The number of likely N-dealkylation sites (tertiary alicyclic amines) is 1. The lowest BCUT2D eigenvalue weighted by Crippen LogP contribution is -2.56. The molecule has 6 heteroatoms. The van der Waals surface area contributed by atoms with Crippen LogP contribution in [0.3, 0.4) is 0 Å². The van der Waals surface area contributed by atoms with Crippen LogP contribution in [0.2, 0.25) is 0 Å². The number of hydrogen-bond acceptors (Lipinski definition) is 4. The van der Waals surface area contributed by atoms with Gasteiger partial charge in [-0.05, 0) is 24.6 Å². The second-order valence-electron chi connectivity index (χ2n) is 5.56. The zero-order valence-electron chi connectivity index (χ0n) is 12.6. The highest BCUT2D eigenvalue weighted by Crippen LogP contribution is 2.19. The van der Waals surface area contributed by atoms with Crippen molar-refractivity contribution in [2.24, 2.45) is 0 Å². The Morgan fingerprint density at radius 3 is 2.65 bits per heavy atom. The molecule has 1 saturated heterocycles. The third kappa shape index (κ3) is 4.01. The summed E-state index contributed by atoms with van der Waals surface area (Å²) in [4.78, 5) is 25.2. The molecule has 0 N–H and O–H groups in total. The monoisotopic (exact) mass is 377 g/mol. The largest absolute Gasteiger partial charge is 0.486 e. The number of amides is 1. The standard InChI is InChI=1S/C17H16BrNO4/c1-11-6-14(8-17(21)22-11)23-15-9-19(10-15)16(20)7-12-2-4-13(18)5-3-12/h2-6,8,15H,7,9-10H2,1H3. The average Bonchev–Trinajstić information content (AvgIpc) is 2.43. The molecule has 2 aromatic rings. The van der Waals surface area contributed by atoms with Crippen LogP contribution >= 0.6 is 15.9 Å². The molecule has 0 radical (unpaired) electrons. The summed E-state index contributed by atoms with van der Waals surface area (Å²) in [5.74, 6) is 1.08. The Kier molecular flexibility index (Phi) is 4.52. The van der Waals surface area contributed by atoms with E-state index < -0.39 is 5.63 Å². The van der Waals surface area contributed by atoms with Crippen molar-refractivity contribution in [2.75, 3.05) is 13.1 Å². The molecular formula is C17H16BrNO4. The Labute approximate surface area is 142 Å². The fraction of sp³-hybridized carbons (Fsp3) is 0.294. The molecule has 1 fully saturated rings. The van der Waals surface area contributed by atoms with Crippen LogP contribution in [0.4, 0.5) is 0 Å². The molecule has 0 atom stereocenters. The molecule has 2 heterocycles. The van der Waals surface area contributed by atoms with Crippen molar-refractivity contribution in [2.45, 2.75) is 19.4 Å². The molecule has 0 unspecified atom stereocenters. The van der Waals surface area contributed by atoms with Crippen LogP contribution in [0, 0.1) is 6.92 Å². The second-order valence-corrected chi connectivity index (χ2v) is 6.48. The predicted octanol–water partition coefficient (Wildman–Crippen LogP) is 2.54. The van der Waals surface area contributed by atoms with Crippen molar-refractivity contribution < 1.29 is 13.9 Å². The molecule has 23 heavy (non-hydrogen) atoms. The minimum absolute atomic E-state index is 0.0786. The molecule has 1 amide bonds. The number of carbonyl (C=O) groups excluding carboxylic acids is 1. The molecule has 3 rings (SSSR count). The van der Waals surface area contributed by atoms with E-state index in [1.54, 1.807) is 17.9 Å². The van der Waals surface area contributed by atoms with Crippen LogP contribution < -0.4 is 10.4 Å². The second kappa shape index (κ2) is 6.58. The fourth-order valence-corrected chi connectivity index (χ4v) is 2.71. The molecular weight excluding hydrogens is 362 g/mol. The summed E-state index contributed by atoms with van der Waals surface area (Å²) < 4.78 is 11.6. The van der Waals surface area contributed by atoms with Crippen molar-refractivity contribution in [3.05, 3.63) is 62.6 Å². The van der Waals surface area contributed by atoms with Gasteiger partial charge in [0.1, 0.15) is 17.6 Å². The van der Waals surface area contributed by atoms with Crippen LogP contribution in [-0.2, 0) is 11.2 Å². The first kappa shape index (κ1) is 15.8. The molecule has 0 bridgehead atoms. The number of hydrogen-bond donors (Lipinski definition) is 0. The zero-order chi connectivity index (χ0) is 16.4. The lowest BCUT2D eigenvalue weighted by molar-refractivity contribution is -0.139. The van der Waals surface area contributed by atoms with Crippen LogP contribution in [-0.4, -0.2) is 30.0 Å². The Bertz CT molecular complexity index is 763. The van der Waals surface area contributed by atoms with Gasteiger partial charge in [0, 0.05) is 10.5 Å². The van der Waals surface area contributed by atoms with Gasteiger partial charge < -0.3 is 14.1 Å². The third-order valence-corrected chi connectivity index (χ3v) is 4.17. The van der Waals surface area contributed by atoms with E-state index in [9.17, 15) is 9.59 Å². The molecule has 120 valence electrons. The summed E-state index contributed by atoms with van der Waals surface area (Å²) in [6.07, 6.45) is 0.304. The lowest BCUT2D eigenvalue weighted by atomic mass is 10.1. The summed E-state index contributed by atoms with van der Waals surface area (Å²) >= 11 is 3.37. The average molecular weight is 378 g/mol. The molecule has 0 spiro atoms. The van der Waals surface area contributed by atoms with Crippen LogP contribution in [0.1, 0.15) is 11.3 Å². The van der Waals surface area contributed by atoms with Crippen molar-refractivity contribution in [3.8, 4) is 5.75 Å². The van der Waals surface area contributed by atoms with Gasteiger partial charge in [0.05, 0.1) is 25.6 Å². The summed E-state index contributed by atoms with van der Waals surface area (Å²) in [5.41, 5.74) is 0.557. The fourth-order valence-electron chi connectivity index (χ4n) is 2.44. The molecule has 0 aliphatic carbocycles. The van der Waals surface area contributed by atoms with Gasteiger partial charge in [-0.3, -0.25) is 4.79 Å². The van der Waals surface area contributed by atoms with Gasteiger partial charge in [0.15, 0.2) is 0 Å². The van der Waals surface area contributed by atoms with Crippen LogP contribution in [0.5, 0.6) is 5.75 Å². The minimum atomic E-state index is -0.428. The summed E-state index contributed by atoms with van der Waals surface area (Å²) in [6.45, 7) is 2.77. The summed E-state index contributed by atoms with van der Waals surface area (Å²) in [6, 6.07) is 10.7. The van der Waals surface area contributed by atoms with Gasteiger partial charge in [0.2, 0.25) is 5.91 Å². The Balaban J connectivity index is 1.51. The Morgan fingerprint density at radius 1 is 1.30 bits per heavy atom. The van der Waals surface area contributed by atoms with Gasteiger partial charge in [-0.1, -0.05) is 28.1 Å². The topological polar surface area (TPSA) is 59.8 Å². The SMILES string of the molecule is Cc1cc(OC2CN(C(=O)Cc3ccc(Br)cc3)C2)cc(=O)o1. The number of ether oxygens (including phenoxy) is 1. The normalized spacial score (nSPS) is 14.4. The zero-order valence-corrected chi connectivity index (χ0v) is 14.2. The van der Waals surface area contributed by atoms with Crippen molar-refractivity contribution in [3.63, 3.8) is 0 Å². The van der Waals surface area contributed by atoms with E-state index in [0.717, 1.165) is 10.0 Å². The lowest BCUT2D eigenvalue weighted by Gasteiger charge is -2.39. The smallest absolute Gasteiger partial charge is 0.339 e. The van der Waals surface area contributed by atoms with Gasteiger partial charge in [0.25, 0.3) is 0 Å². The maximum Gasteiger partial charge on any atom is 0.339 e. The van der Waals surface area contributed by atoms with Gasteiger partial charge in [-0.15, -0.1) is 0 Å². The Hall–Kier alpha value is -2.08. The third-order valence-electron chi connectivity index (χ3n) is 3.64. The van der Waals surface area contributed by atoms with E-state index >= 15 is 0 Å². The highest BCUT2D eigenvalue weighted by Gasteiger charge is 2.32. The molecule has 1 aromatic carbocycles. The molecule has 5 nitrogen and oxygen atoms in total. The number of rotatable bonds is 4. The number of carbonyl (C=O) groups is 1. The quantitative estimate of drug-likeness (QED) is 0.821. The van der Waals surface area contributed by atoms with Gasteiger partial charge >= 0.3 is 5.63 Å². The summed E-state index contributed by atoms with van der Waals surface area (Å²) in [5, 5.41) is 0.